The Balaban J connectivity index is 1.75. The molecule has 0 radical (unpaired) electrons. The minimum atomic E-state index is -0.303. The first-order valence-electron chi connectivity index (χ1n) is 9.99. The van der Waals surface area contributed by atoms with Crippen LogP contribution < -0.4 is 4.74 Å². The number of benzene rings is 3. The van der Waals surface area contributed by atoms with Crippen molar-refractivity contribution in [1.82, 2.24) is 0 Å². The van der Waals surface area contributed by atoms with E-state index in [2.05, 4.69) is 36.9 Å². The Labute approximate surface area is 172 Å². The van der Waals surface area contributed by atoms with Gasteiger partial charge in [-0.25, -0.2) is 4.39 Å². The number of halogens is 1. The molecule has 3 aromatic rings. The zero-order valence-corrected chi connectivity index (χ0v) is 16.8. The van der Waals surface area contributed by atoms with Crippen molar-refractivity contribution in [3.05, 3.63) is 84.7 Å². The lowest BCUT2D eigenvalue weighted by atomic mass is 9.99. The van der Waals surface area contributed by atoms with E-state index in [-0.39, 0.29) is 11.9 Å². The summed E-state index contributed by atoms with van der Waals surface area (Å²) in [6.45, 7) is 5.77. The summed E-state index contributed by atoms with van der Waals surface area (Å²) in [5.74, 6) is 0.194. The van der Waals surface area contributed by atoms with Crippen molar-refractivity contribution in [2.24, 2.45) is 0 Å². The van der Waals surface area contributed by atoms with Crippen LogP contribution in [0, 0.1) is 5.82 Å². The molecule has 1 N–H and O–H groups in total. The molecule has 0 saturated heterocycles. The summed E-state index contributed by atoms with van der Waals surface area (Å²) in [5.41, 5.74) is 2.53. The summed E-state index contributed by atoms with van der Waals surface area (Å²) < 4.78 is 19.9. The molecule has 150 valence electrons. The summed E-state index contributed by atoms with van der Waals surface area (Å²) in [6, 6.07) is 17.2. The SMILES string of the molecule is C=CCOc1ccc(-c2ccc3cc(C=CCCCC(C)O)ccc3c2)c(F)c1. The topological polar surface area (TPSA) is 29.5 Å². The van der Waals surface area contributed by atoms with Gasteiger partial charge in [-0.15, -0.1) is 0 Å². The number of hydrogen-bond acceptors (Lipinski definition) is 2. The van der Waals surface area contributed by atoms with Gasteiger partial charge in [0.25, 0.3) is 0 Å². The molecular weight excluding hydrogens is 363 g/mol. The van der Waals surface area contributed by atoms with Gasteiger partial charge in [-0.2, -0.15) is 0 Å². The number of aliphatic hydroxyl groups is 1. The fourth-order valence-electron chi connectivity index (χ4n) is 3.26. The Morgan fingerprint density at radius 2 is 1.86 bits per heavy atom. The molecule has 3 aromatic carbocycles. The van der Waals surface area contributed by atoms with Crippen molar-refractivity contribution in [1.29, 1.82) is 0 Å². The number of aliphatic hydroxyl groups excluding tert-OH is 1. The number of rotatable bonds is 9. The van der Waals surface area contributed by atoms with Gasteiger partial charge in [0, 0.05) is 11.6 Å². The second-order valence-corrected chi connectivity index (χ2v) is 7.24. The molecule has 3 heteroatoms. The van der Waals surface area contributed by atoms with Crippen molar-refractivity contribution in [2.75, 3.05) is 6.61 Å². The second kappa shape index (κ2) is 10.0. The van der Waals surface area contributed by atoms with E-state index in [0.717, 1.165) is 41.2 Å². The van der Waals surface area contributed by atoms with Crippen LogP contribution in [0.1, 0.15) is 31.7 Å². The maximum atomic E-state index is 14.5. The van der Waals surface area contributed by atoms with E-state index >= 15 is 0 Å². The average Bonchev–Trinajstić information content (AvgIpc) is 2.71. The van der Waals surface area contributed by atoms with E-state index in [1.165, 1.54) is 6.07 Å². The van der Waals surface area contributed by atoms with Crippen LogP contribution in [0.15, 0.2) is 73.3 Å². The van der Waals surface area contributed by atoms with Gasteiger partial charge < -0.3 is 9.84 Å². The highest BCUT2D eigenvalue weighted by atomic mass is 19.1. The molecule has 0 aliphatic carbocycles. The molecule has 29 heavy (non-hydrogen) atoms. The van der Waals surface area contributed by atoms with Crippen LogP contribution in [-0.4, -0.2) is 17.8 Å². The molecule has 0 aliphatic heterocycles. The molecule has 1 atom stereocenters. The molecule has 0 aliphatic rings. The van der Waals surface area contributed by atoms with Gasteiger partial charge in [-0.3, -0.25) is 0 Å². The first-order chi connectivity index (χ1) is 14.1. The Morgan fingerprint density at radius 1 is 1.07 bits per heavy atom. The Kier molecular flexibility index (Phi) is 7.20. The van der Waals surface area contributed by atoms with Crippen molar-refractivity contribution < 1.29 is 14.2 Å². The van der Waals surface area contributed by atoms with Crippen LogP contribution in [0.2, 0.25) is 0 Å². The zero-order valence-electron chi connectivity index (χ0n) is 16.8. The summed E-state index contributed by atoms with van der Waals surface area (Å²) in [4.78, 5) is 0. The maximum absolute atomic E-state index is 14.5. The molecule has 0 heterocycles. The smallest absolute Gasteiger partial charge is 0.134 e. The van der Waals surface area contributed by atoms with Crippen LogP contribution >= 0.6 is 0 Å². The highest BCUT2D eigenvalue weighted by molar-refractivity contribution is 5.89. The van der Waals surface area contributed by atoms with Gasteiger partial charge in [0.2, 0.25) is 0 Å². The number of ether oxygens (including phenoxy) is 1. The highest BCUT2D eigenvalue weighted by Gasteiger charge is 2.08. The zero-order chi connectivity index (χ0) is 20.6. The molecule has 0 fully saturated rings. The number of fused-ring (bicyclic) bond motifs is 1. The molecule has 0 spiro atoms. The van der Waals surface area contributed by atoms with Gasteiger partial charge in [0.1, 0.15) is 18.2 Å². The lowest BCUT2D eigenvalue weighted by molar-refractivity contribution is 0.182. The van der Waals surface area contributed by atoms with Gasteiger partial charge in [0.05, 0.1) is 6.10 Å². The Bertz CT molecular complexity index is 1000. The van der Waals surface area contributed by atoms with Crippen LogP contribution in [0.4, 0.5) is 4.39 Å². The molecule has 1 unspecified atom stereocenters. The van der Waals surface area contributed by atoms with E-state index in [1.807, 2.05) is 25.1 Å². The van der Waals surface area contributed by atoms with Crippen LogP contribution in [0.25, 0.3) is 28.0 Å². The van der Waals surface area contributed by atoms with Crippen LogP contribution in [-0.2, 0) is 0 Å². The van der Waals surface area contributed by atoms with E-state index in [4.69, 9.17) is 4.74 Å². The molecule has 2 nitrogen and oxygen atoms in total. The normalized spacial score (nSPS) is 12.4. The third kappa shape index (κ3) is 5.78. The second-order valence-electron chi connectivity index (χ2n) is 7.24. The monoisotopic (exact) mass is 390 g/mol. The summed E-state index contributed by atoms with van der Waals surface area (Å²) in [6.07, 6.45) is 8.40. The number of allylic oxidation sites excluding steroid dienone is 1. The molecule has 0 aromatic heterocycles. The predicted octanol–water partition coefficient (Wildman–Crippen LogP) is 6.78. The lowest BCUT2D eigenvalue weighted by Gasteiger charge is -2.09. The fraction of sp³-hybridized carbons (Fsp3) is 0.231. The third-order valence-electron chi connectivity index (χ3n) is 4.79. The third-order valence-corrected chi connectivity index (χ3v) is 4.79. The molecule has 0 amide bonds. The number of hydrogen-bond donors (Lipinski definition) is 1. The quantitative estimate of drug-likeness (QED) is 0.322. The standard InChI is InChI=1S/C26H27FO2/c1-3-15-29-24-13-14-25(26(27)18-24)23-12-11-21-16-20(9-10-22(21)17-23)8-6-4-5-7-19(2)28/h3,6,8-14,16-19,28H,1,4-5,7,15H2,2H3. The minimum Gasteiger partial charge on any atom is -0.489 e. The Hall–Kier alpha value is -2.91. The first kappa shape index (κ1) is 20.8. The highest BCUT2D eigenvalue weighted by Crippen LogP contribution is 2.29. The molecule has 3 rings (SSSR count). The van der Waals surface area contributed by atoms with Gasteiger partial charge >= 0.3 is 0 Å². The summed E-state index contributed by atoms with van der Waals surface area (Å²) >= 11 is 0. The van der Waals surface area contributed by atoms with Crippen molar-refractivity contribution in [3.8, 4) is 16.9 Å². The van der Waals surface area contributed by atoms with E-state index in [0.29, 0.717) is 17.9 Å². The van der Waals surface area contributed by atoms with Crippen LogP contribution in [0.5, 0.6) is 5.75 Å². The average molecular weight is 390 g/mol. The summed E-state index contributed by atoms with van der Waals surface area (Å²) in [5, 5.41) is 11.5. The first-order valence-corrected chi connectivity index (χ1v) is 9.99. The van der Waals surface area contributed by atoms with E-state index < -0.39 is 0 Å². The Morgan fingerprint density at radius 3 is 2.62 bits per heavy atom. The minimum absolute atomic E-state index is 0.237. The fourth-order valence-corrected chi connectivity index (χ4v) is 3.26. The van der Waals surface area contributed by atoms with Crippen molar-refractivity contribution in [3.63, 3.8) is 0 Å². The lowest BCUT2D eigenvalue weighted by Crippen LogP contribution is -1.97. The predicted molar refractivity (Wildman–Crippen MR) is 120 cm³/mol. The van der Waals surface area contributed by atoms with E-state index in [9.17, 15) is 9.50 Å². The molecular formula is C26H27FO2. The largest absolute Gasteiger partial charge is 0.489 e. The van der Waals surface area contributed by atoms with Gasteiger partial charge in [-0.1, -0.05) is 49.1 Å². The maximum Gasteiger partial charge on any atom is 0.134 e. The molecule has 0 bridgehead atoms. The van der Waals surface area contributed by atoms with Crippen molar-refractivity contribution in [2.45, 2.75) is 32.3 Å². The number of unbranched alkanes of at least 4 members (excludes halogenated alkanes) is 1. The van der Waals surface area contributed by atoms with Gasteiger partial charge in [0.15, 0.2) is 0 Å². The van der Waals surface area contributed by atoms with Crippen molar-refractivity contribution >= 4 is 16.8 Å². The van der Waals surface area contributed by atoms with Gasteiger partial charge in [-0.05, 0) is 72.4 Å². The van der Waals surface area contributed by atoms with Crippen LogP contribution in [0.3, 0.4) is 0 Å². The summed E-state index contributed by atoms with van der Waals surface area (Å²) in [7, 11) is 0. The van der Waals surface area contributed by atoms with E-state index in [1.54, 1.807) is 18.2 Å². The molecule has 0 saturated carbocycles.